The SMILES string of the molecule is CNC(=O)c1cccnc1N1CCN(C(=O)O)C[C@@H]1C. The van der Waals surface area contributed by atoms with Gasteiger partial charge < -0.3 is 20.2 Å². The molecule has 1 aliphatic rings. The Bertz CT molecular complexity index is 520. The van der Waals surface area contributed by atoms with E-state index in [1.54, 1.807) is 25.4 Å². The highest BCUT2D eigenvalue weighted by Gasteiger charge is 2.29. The largest absolute Gasteiger partial charge is 0.465 e. The van der Waals surface area contributed by atoms with Crippen molar-refractivity contribution in [2.45, 2.75) is 13.0 Å². The van der Waals surface area contributed by atoms with E-state index in [9.17, 15) is 9.59 Å². The number of anilines is 1. The van der Waals surface area contributed by atoms with Crippen LogP contribution in [-0.2, 0) is 0 Å². The molecule has 0 aliphatic carbocycles. The van der Waals surface area contributed by atoms with Crippen LogP contribution in [0, 0.1) is 0 Å². The van der Waals surface area contributed by atoms with Crippen LogP contribution in [0.4, 0.5) is 10.6 Å². The van der Waals surface area contributed by atoms with Crippen molar-refractivity contribution < 1.29 is 14.7 Å². The maximum absolute atomic E-state index is 11.9. The number of hydrogen-bond acceptors (Lipinski definition) is 4. The number of piperazine rings is 1. The van der Waals surface area contributed by atoms with Crippen molar-refractivity contribution in [3.8, 4) is 0 Å². The van der Waals surface area contributed by atoms with Crippen molar-refractivity contribution in [2.24, 2.45) is 0 Å². The zero-order valence-corrected chi connectivity index (χ0v) is 11.5. The number of carbonyl (C=O) groups is 2. The molecule has 1 aromatic rings. The first-order chi connectivity index (χ1) is 9.54. The number of pyridine rings is 1. The van der Waals surface area contributed by atoms with E-state index in [0.717, 1.165) is 0 Å². The van der Waals surface area contributed by atoms with Crippen LogP contribution in [0.3, 0.4) is 0 Å². The monoisotopic (exact) mass is 278 g/mol. The molecule has 1 saturated heterocycles. The Morgan fingerprint density at radius 1 is 1.45 bits per heavy atom. The Morgan fingerprint density at radius 2 is 2.20 bits per heavy atom. The Morgan fingerprint density at radius 3 is 2.80 bits per heavy atom. The number of carbonyl (C=O) groups excluding carboxylic acids is 1. The number of aromatic nitrogens is 1. The molecule has 0 aromatic carbocycles. The molecule has 0 saturated carbocycles. The molecule has 0 bridgehead atoms. The van der Waals surface area contributed by atoms with Crippen LogP contribution in [0.15, 0.2) is 18.3 Å². The van der Waals surface area contributed by atoms with Crippen molar-refractivity contribution in [2.75, 3.05) is 31.6 Å². The lowest BCUT2D eigenvalue weighted by molar-refractivity contribution is 0.0962. The van der Waals surface area contributed by atoms with Gasteiger partial charge in [-0.2, -0.15) is 0 Å². The van der Waals surface area contributed by atoms with Gasteiger partial charge in [0.2, 0.25) is 0 Å². The summed E-state index contributed by atoms with van der Waals surface area (Å²) in [4.78, 5) is 30.5. The van der Waals surface area contributed by atoms with E-state index >= 15 is 0 Å². The van der Waals surface area contributed by atoms with Crippen LogP contribution < -0.4 is 10.2 Å². The van der Waals surface area contributed by atoms with E-state index in [2.05, 4.69) is 10.3 Å². The molecule has 2 N–H and O–H groups in total. The van der Waals surface area contributed by atoms with Crippen molar-refractivity contribution in [1.82, 2.24) is 15.2 Å². The van der Waals surface area contributed by atoms with Crippen LogP contribution in [0.25, 0.3) is 0 Å². The third-order valence-electron chi connectivity index (χ3n) is 3.43. The quantitative estimate of drug-likeness (QED) is 0.828. The molecule has 0 spiro atoms. The van der Waals surface area contributed by atoms with E-state index in [1.165, 1.54) is 4.90 Å². The van der Waals surface area contributed by atoms with E-state index in [4.69, 9.17) is 5.11 Å². The number of carboxylic acid groups (broad SMARTS) is 1. The van der Waals surface area contributed by atoms with E-state index < -0.39 is 6.09 Å². The topological polar surface area (TPSA) is 85.8 Å². The summed E-state index contributed by atoms with van der Waals surface area (Å²) in [5.41, 5.74) is 0.505. The summed E-state index contributed by atoms with van der Waals surface area (Å²) >= 11 is 0. The third kappa shape index (κ3) is 2.66. The fourth-order valence-electron chi connectivity index (χ4n) is 2.38. The fraction of sp³-hybridized carbons (Fsp3) is 0.462. The van der Waals surface area contributed by atoms with Gasteiger partial charge in [0, 0.05) is 38.9 Å². The zero-order valence-electron chi connectivity index (χ0n) is 11.5. The Labute approximate surface area is 117 Å². The van der Waals surface area contributed by atoms with Gasteiger partial charge in [0.1, 0.15) is 5.82 Å². The van der Waals surface area contributed by atoms with Crippen molar-refractivity contribution in [3.63, 3.8) is 0 Å². The van der Waals surface area contributed by atoms with Gasteiger partial charge in [-0.15, -0.1) is 0 Å². The molecule has 7 nitrogen and oxygen atoms in total. The smallest absolute Gasteiger partial charge is 0.407 e. The maximum atomic E-state index is 11.9. The molecule has 2 amide bonds. The minimum Gasteiger partial charge on any atom is -0.465 e. The summed E-state index contributed by atoms with van der Waals surface area (Å²) in [6, 6.07) is 3.40. The van der Waals surface area contributed by atoms with Crippen LogP contribution in [0.2, 0.25) is 0 Å². The van der Waals surface area contributed by atoms with Gasteiger partial charge in [0.05, 0.1) is 5.56 Å². The molecule has 7 heteroatoms. The van der Waals surface area contributed by atoms with E-state index in [1.807, 2.05) is 11.8 Å². The summed E-state index contributed by atoms with van der Waals surface area (Å²) in [7, 11) is 1.57. The Balaban J connectivity index is 2.25. The zero-order chi connectivity index (χ0) is 14.7. The molecule has 20 heavy (non-hydrogen) atoms. The van der Waals surface area contributed by atoms with Crippen molar-refractivity contribution in [3.05, 3.63) is 23.9 Å². The minimum absolute atomic E-state index is 0.0295. The lowest BCUT2D eigenvalue weighted by Crippen LogP contribution is -2.54. The minimum atomic E-state index is -0.913. The van der Waals surface area contributed by atoms with Gasteiger partial charge in [-0.3, -0.25) is 4.79 Å². The average molecular weight is 278 g/mol. The summed E-state index contributed by atoms with van der Waals surface area (Å²) in [5.74, 6) is 0.408. The van der Waals surface area contributed by atoms with Crippen LogP contribution in [0.5, 0.6) is 0 Å². The second kappa shape index (κ2) is 5.77. The molecule has 1 fully saturated rings. The molecular weight excluding hydrogens is 260 g/mol. The summed E-state index contributed by atoms with van der Waals surface area (Å²) < 4.78 is 0. The predicted octanol–water partition coefficient (Wildman–Crippen LogP) is 0.630. The highest BCUT2D eigenvalue weighted by molar-refractivity contribution is 5.98. The van der Waals surface area contributed by atoms with E-state index in [0.29, 0.717) is 31.0 Å². The summed E-state index contributed by atoms with van der Waals surface area (Å²) in [6.45, 7) is 3.26. The standard InChI is InChI=1S/C13H18N4O3/c1-9-8-16(13(19)20)6-7-17(9)11-10(12(18)14-2)4-3-5-15-11/h3-5,9H,6-8H2,1-2H3,(H,14,18)(H,19,20)/t9-/m0/s1. The fourth-order valence-corrected chi connectivity index (χ4v) is 2.38. The summed E-state index contributed by atoms with van der Waals surface area (Å²) in [5, 5.41) is 11.6. The molecule has 0 unspecified atom stereocenters. The number of nitrogens with zero attached hydrogens (tertiary/aromatic N) is 3. The molecular formula is C13H18N4O3. The third-order valence-corrected chi connectivity index (χ3v) is 3.43. The lowest BCUT2D eigenvalue weighted by atomic mass is 10.1. The molecule has 2 rings (SSSR count). The Hall–Kier alpha value is -2.31. The van der Waals surface area contributed by atoms with Crippen LogP contribution in [0.1, 0.15) is 17.3 Å². The highest BCUT2D eigenvalue weighted by atomic mass is 16.4. The first-order valence-electron chi connectivity index (χ1n) is 6.46. The van der Waals surface area contributed by atoms with E-state index in [-0.39, 0.29) is 11.9 Å². The number of rotatable bonds is 2. The second-order valence-corrected chi connectivity index (χ2v) is 4.72. The second-order valence-electron chi connectivity index (χ2n) is 4.72. The van der Waals surface area contributed by atoms with Crippen LogP contribution in [-0.4, -0.2) is 59.7 Å². The van der Waals surface area contributed by atoms with Crippen LogP contribution >= 0.6 is 0 Å². The lowest BCUT2D eigenvalue weighted by Gasteiger charge is -2.39. The molecule has 1 aliphatic heterocycles. The van der Waals surface area contributed by atoms with Crippen molar-refractivity contribution in [1.29, 1.82) is 0 Å². The van der Waals surface area contributed by atoms with Gasteiger partial charge in [-0.1, -0.05) is 0 Å². The number of hydrogen-bond donors (Lipinski definition) is 2. The molecule has 0 radical (unpaired) electrons. The van der Waals surface area contributed by atoms with Crippen molar-refractivity contribution >= 4 is 17.8 Å². The average Bonchev–Trinajstić information content (AvgIpc) is 2.46. The number of nitrogens with one attached hydrogen (secondary N) is 1. The van der Waals surface area contributed by atoms with Gasteiger partial charge in [0.25, 0.3) is 5.91 Å². The Kier molecular flexibility index (Phi) is 4.07. The van der Waals surface area contributed by atoms with Gasteiger partial charge in [0.15, 0.2) is 0 Å². The molecule has 108 valence electrons. The molecule has 1 aromatic heterocycles. The first-order valence-corrected chi connectivity index (χ1v) is 6.46. The number of amides is 2. The molecule has 1 atom stereocenters. The normalized spacial score (nSPS) is 18.8. The van der Waals surface area contributed by atoms with Gasteiger partial charge >= 0.3 is 6.09 Å². The van der Waals surface area contributed by atoms with Gasteiger partial charge in [-0.05, 0) is 19.1 Å². The first kappa shape index (κ1) is 14.1. The summed E-state index contributed by atoms with van der Waals surface area (Å²) in [6.07, 6.45) is 0.724. The highest BCUT2D eigenvalue weighted by Crippen LogP contribution is 2.22. The maximum Gasteiger partial charge on any atom is 0.407 e. The van der Waals surface area contributed by atoms with Gasteiger partial charge in [-0.25, -0.2) is 9.78 Å². The predicted molar refractivity (Wildman–Crippen MR) is 74.0 cm³/mol. The molecule has 2 heterocycles.